The van der Waals surface area contributed by atoms with Crippen molar-refractivity contribution in [1.82, 2.24) is 19.4 Å². The van der Waals surface area contributed by atoms with Gasteiger partial charge < -0.3 is 18.9 Å². The number of benzene rings is 1. The number of likely N-dealkylation sites (tertiary alicyclic amines) is 1. The van der Waals surface area contributed by atoms with E-state index < -0.39 is 17.3 Å². The first kappa shape index (κ1) is 27.2. The van der Waals surface area contributed by atoms with Crippen LogP contribution in [0.1, 0.15) is 51.4 Å². The van der Waals surface area contributed by atoms with Crippen LogP contribution in [-0.2, 0) is 18.0 Å². The maximum atomic E-state index is 14.0. The Labute approximate surface area is 219 Å². The molecule has 202 valence electrons. The lowest BCUT2D eigenvalue weighted by Gasteiger charge is -2.33. The van der Waals surface area contributed by atoms with E-state index in [-0.39, 0.29) is 41.4 Å². The number of nitriles is 1. The van der Waals surface area contributed by atoms with Crippen molar-refractivity contribution in [2.45, 2.75) is 51.8 Å². The van der Waals surface area contributed by atoms with Gasteiger partial charge in [-0.2, -0.15) is 18.4 Å². The minimum absolute atomic E-state index is 0.120. The highest BCUT2D eigenvalue weighted by molar-refractivity contribution is 5.91. The van der Waals surface area contributed by atoms with E-state index in [2.05, 4.69) is 9.97 Å². The summed E-state index contributed by atoms with van der Waals surface area (Å²) in [5.74, 6) is -0.147. The van der Waals surface area contributed by atoms with Gasteiger partial charge in [0.25, 0.3) is 0 Å². The van der Waals surface area contributed by atoms with Gasteiger partial charge in [0.2, 0.25) is 5.82 Å². The van der Waals surface area contributed by atoms with Crippen LogP contribution in [0.25, 0.3) is 22.3 Å². The molecule has 1 aliphatic rings. The molecule has 1 saturated heterocycles. The number of ether oxygens (including phenoxy) is 2. The molecule has 0 bridgehead atoms. The molecule has 0 N–H and O–H groups in total. The number of hydrogen-bond donors (Lipinski definition) is 0. The molecule has 3 heterocycles. The third-order valence-corrected chi connectivity index (χ3v) is 6.43. The average Bonchev–Trinajstić information content (AvgIpc) is 3.23. The van der Waals surface area contributed by atoms with Crippen molar-refractivity contribution >= 4 is 17.1 Å². The Morgan fingerprint density at radius 1 is 1.16 bits per heavy atom. The van der Waals surface area contributed by atoms with Gasteiger partial charge in [-0.05, 0) is 70.2 Å². The van der Waals surface area contributed by atoms with Crippen LogP contribution in [0.3, 0.4) is 0 Å². The van der Waals surface area contributed by atoms with Crippen LogP contribution >= 0.6 is 0 Å². The molecule has 0 saturated carbocycles. The van der Waals surface area contributed by atoms with Crippen molar-refractivity contribution in [3.8, 4) is 23.1 Å². The lowest BCUT2D eigenvalue weighted by molar-refractivity contribution is -0.138. The predicted octanol–water partition coefficient (Wildman–Crippen LogP) is 5.94. The molecule has 0 aliphatic carbocycles. The number of amides is 1. The van der Waals surface area contributed by atoms with Crippen LogP contribution in [0.5, 0.6) is 5.75 Å². The van der Waals surface area contributed by atoms with Gasteiger partial charge in [0, 0.05) is 37.3 Å². The van der Waals surface area contributed by atoms with Crippen LogP contribution in [0, 0.1) is 17.2 Å². The van der Waals surface area contributed by atoms with Crippen molar-refractivity contribution in [2.24, 2.45) is 13.0 Å². The van der Waals surface area contributed by atoms with Crippen LogP contribution in [0.15, 0.2) is 30.5 Å². The summed E-state index contributed by atoms with van der Waals surface area (Å²) in [6, 6.07) is 7.39. The van der Waals surface area contributed by atoms with Crippen molar-refractivity contribution in [3.63, 3.8) is 0 Å². The van der Waals surface area contributed by atoms with Gasteiger partial charge in [-0.1, -0.05) is 0 Å². The largest absolute Gasteiger partial charge is 0.493 e. The van der Waals surface area contributed by atoms with E-state index in [0.717, 1.165) is 18.9 Å². The van der Waals surface area contributed by atoms with E-state index in [4.69, 9.17) is 9.47 Å². The summed E-state index contributed by atoms with van der Waals surface area (Å²) in [7, 11) is 1.74. The molecule has 1 amide bonds. The van der Waals surface area contributed by atoms with Crippen molar-refractivity contribution in [2.75, 3.05) is 19.7 Å². The Balaban J connectivity index is 1.45. The van der Waals surface area contributed by atoms with Gasteiger partial charge in [0.1, 0.15) is 23.1 Å². The molecule has 3 aromatic rings. The lowest BCUT2D eigenvalue weighted by Crippen LogP contribution is -2.41. The highest BCUT2D eigenvalue weighted by atomic mass is 19.4. The molecule has 0 atom stereocenters. The highest BCUT2D eigenvalue weighted by Crippen LogP contribution is 2.40. The van der Waals surface area contributed by atoms with E-state index in [1.807, 2.05) is 26.8 Å². The third kappa shape index (κ3) is 6.18. The molecule has 11 heteroatoms. The zero-order valence-corrected chi connectivity index (χ0v) is 21.8. The smallest absolute Gasteiger partial charge is 0.419 e. The maximum absolute atomic E-state index is 14.0. The van der Waals surface area contributed by atoms with Crippen LogP contribution in [0.2, 0.25) is 0 Å². The van der Waals surface area contributed by atoms with Gasteiger partial charge in [-0.3, -0.25) is 0 Å². The van der Waals surface area contributed by atoms with Crippen molar-refractivity contribution in [3.05, 3.63) is 41.9 Å². The lowest BCUT2D eigenvalue weighted by atomic mass is 9.94. The maximum Gasteiger partial charge on any atom is 0.419 e. The van der Waals surface area contributed by atoms with Gasteiger partial charge in [-0.25, -0.2) is 14.8 Å². The first-order chi connectivity index (χ1) is 17.9. The number of rotatable bonds is 5. The van der Waals surface area contributed by atoms with Gasteiger partial charge in [-0.15, -0.1) is 0 Å². The summed E-state index contributed by atoms with van der Waals surface area (Å²) in [6.45, 7) is 6.65. The summed E-state index contributed by atoms with van der Waals surface area (Å²) in [4.78, 5) is 22.2. The van der Waals surface area contributed by atoms with E-state index >= 15 is 0 Å². The predicted molar refractivity (Wildman–Crippen MR) is 134 cm³/mol. The second kappa shape index (κ2) is 10.5. The third-order valence-electron chi connectivity index (χ3n) is 6.43. The molecular formula is C27H30F3N5O3. The Morgan fingerprint density at radius 2 is 1.87 bits per heavy atom. The second-order valence-corrected chi connectivity index (χ2v) is 10.4. The minimum Gasteiger partial charge on any atom is -0.493 e. The van der Waals surface area contributed by atoms with Crippen LogP contribution in [-0.4, -0.2) is 50.8 Å². The average molecular weight is 530 g/mol. The molecule has 2 aromatic heterocycles. The van der Waals surface area contributed by atoms with Gasteiger partial charge >= 0.3 is 12.3 Å². The SMILES string of the molecule is Cn1ccc2c(-c3ccc(OCCC4CCN(C(=O)OC(C)(C)C)CC4)c(C(F)(F)F)c3)nc(C#N)nc21. The topological polar surface area (TPSA) is 93.3 Å². The molecule has 0 radical (unpaired) electrons. The van der Waals surface area contributed by atoms with Crippen molar-refractivity contribution in [1.29, 1.82) is 5.26 Å². The second-order valence-electron chi connectivity index (χ2n) is 10.4. The van der Waals surface area contributed by atoms with E-state index in [1.165, 1.54) is 12.1 Å². The summed E-state index contributed by atoms with van der Waals surface area (Å²) in [5.41, 5.74) is -0.546. The number of alkyl halides is 3. The Morgan fingerprint density at radius 3 is 2.50 bits per heavy atom. The molecule has 1 aromatic carbocycles. The first-order valence-corrected chi connectivity index (χ1v) is 12.4. The molecule has 0 spiro atoms. The molecule has 0 unspecified atom stereocenters. The molecule has 38 heavy (non-hydrogen) atoms. The van der Waals surface area contributed by atoms with Crippen LogP contribution in [0.4, 0.5) is 18.0 Å². The number of carbonyl (C=O) groups is 1. The van der Waals surface area contributed by atoms with Crippen molar-refractivity contribution < 1.29 is 27.4 Å². The molecular weight excluding hydrogens is 499 g/mol. The number of fused-ring (bicyclic) bond motifs is 1. The minimum atomic E-state index is -4.65. The van der Waals surface area contributed by atoms with Crippen LogP contribution < -0.4 is 4.74 Å². The first-order valence-electron chi connectivity index (χ1n) is 12.4. The number of halogens is 3. The molecule has 8 nitrogen and oxygen atoms in total. The normalized spacial score (nSPS) is 14.9. The fourth-order valence-corrected chi connectivity index (χ4v) is 4.50. The zero-order valence-electron chi connectivity index (χ0n) is 21.8. The summed E-state index contributed by atoms with van der Waals surface area (Å²) in [5, 5.41) is 9.85. The fourth-order valence-electron chi connectivity index (χ4n) is 4.50. The Hall–Kier alpha value is -3.81. The standard InChI is InChI=1S/C27H30F3N5O3/c1-26(2,3)38-25(36)35-12-7-17(8-13-35)10-14-37-21-6-5-18(15-20(21)27(28,29)30)23-19-9-11-34(4)24(19)33-22(16-31)32-23/h5-6,9,11,15,17H,7-8,10,12-14H2,1-4H3. The Kier molecular flexibility index (Phi) is 7.54. The number of carbonyl (C=O) groups excluding carboxylic acids is 1. The summed E-state index contributed by atoms with van der Waals surface area (Å²) < 4.78 is 54.7. The summed E-state index contributed by atoms with van der Waals surface area (Å²) >= 11 is 0. The van der Waals surface area contributed by atoms with E-state index in [1.54, 1.807) is 28.8 Å². The van der Waals surface area contributed by atoms with E-state index in [0.29, 0.717) is 30.5 Å². The number of hydrogen-bond acceptors (Lipinski definition) is 6. The Bertz CT molecular complexity index is 1360. The molecule has 1 fully saturated rings. The zero-order chi connectivity index (χ0) is 27.7. The molecule has 1 aliphatic heterocycles. The van der Waals surface area contributed by atoms with Gasteiger partial charge in [0.15, 0.2) is 0 Å². The number of aromatic nitrogens is 3. The number of nitrogens with zero attached hydrogens (tertiary/aromatic N) is 5. The highest BCUT2D eigenvalue weighted by Gasteiger charge is 2.35. The number of aryl methyl sites for hydroxylation is 1. The number of piperidine rings is 1. The monoisotopic (exact) mass is 529 g/mol. The van der Waals surface area contributed by atoms with E-state index in [9.17, 15) is 23.2 Å². The van der Waals surface area contributed by atoms with Gasteiger partial charge in [0.05, 0.1) is 17.9 Å². The fraction of sp³-hybridized carbons (Fsp3) is 0.481. The summed E-state index contributed by atoms with van der Waals surface area (Å²) in [6.07, 6.45) is -1.25. The molecule has 4 rings (SSSR count). The quantitative estimate of drug-likeness (QED) is 0.406.